The van der Waals surface area contributed by atoms with Crippen molar-refractivity contribution in [3.63, 3.8) is 0 Å². The van der Waals surface area contributed by atoms with Crippen LogP contribution in [0, 0.1) is 0 Å². The van der Waals surface area contributed by atoms with Crippen LogP contribution in [-0.4, -0.2) is 19.0 Å². The molecule has 0 aliphatic rings. The van der Waals surface area contributed by atoms with Crippen LogP contribution < -0.4 is 5.32 Å². The quantitative estimate of drug-likeness (QED) is 0.516. The number of esters is 1. The van der Waals surface area contributed by atoms with Crippen molar-refractivity contribution in [3.05, 3.63) is 113 Å². The van der Waals surface area contributed by atoms with Crippen LogP contribution in [0.3, 0.4) is 0 Å². The van der Waals surface area contributed by atoms with E-state index in [1.54, 1.807) is 30.3 Å². The van der Waals surface area contributed by atoms with E-state index in [1.807, 2.05) is 60.7 Å². The molecule has 3 aromatic rings. The van der Waals surface area contributed by atoms with Crippen molar-refractivity contribution in [3.8, 4) is 0 Å². The van der Waals surface area contributed by atoms with Gasteiger partial charge in [-0.05, 0) is 34.9 Å². The Morgan fingerprint density at radius 3 is 1.86 bits per heavy atom. The molecule has 0 spiro atoms. The number of nitrogens with one attached hydrogen (secondary N) is 1. The maximum atomic E-state index is 12.5. The van der Waals surface area contributed by atoms with Crippen molar-refractivity contribution in [1.29, 1.82) is 0 Å². The topological polar surface area (TPSA) is 55.4 Å². The Bertz CT molecular complexity index is 909. The number of carbonyl (C=O) groups is 2. The van der Waals surface area contributed by atoms with Crippen molar-refractivity contribution in [1.82, 2.24) is 5.32 Å². The molecule has 0 saturated heterocycles. The third kappa shape index (κ3) is 4.95. The summed E-state index contributed by atoms with van der Waals surface area (Å²) < 4.78 is 4.68. The van der Waals surface area contributed by atoms with Crippen LogP contribution in [-0.2, 0) is 9.53 Å². The predicted octanol–water partition coefficient (Wildman–Crippen LogP) is 4.39. The third-order valence-corrected chi connectivity index (χ3v) is 4.31. The Kier molecular flexibility index (Phi) is 6.37. The van der Waals surface area contributed by atoms with Gasteiger partial charge in [-0.25, -0.2) is 4.79 Å². The monoisotopic (exact) mass is 371 g/mol. The first kappa shape index (κ1) is 19.1. The van der Waals surface area contributed by atoms with Crippen molar-refractivity contribution < 1.29 is 14.3 Å². The number of hydrogen-bond acceptors (Lipinski definition) is 3. The van der Waals surface area contributed by atoms with Gasteiger partial charge in [0.25, 0.3) is 0 Å². The molecule has 0 radical (unpaired) electrons. The molecule has 0 saturated carbocycles. The highest BCUT2D eigenvalue weighted by atomic mass is 16.5. The van der Waals surface area contributed by atoms with Gasteiger partial charge in [0.1, 0.15) is 0 Å². The fourth-order valence-electron chi connectivity index (χ4n) is 2.86. The van der Waals surface area contributed by atoms with Gasteiger partial charge in [-0.3, -0.25) is 4.79 Å². The molecule has 0 aliphatic heterocycles. The summed E-state index contributed by atoms with van der Waals surface area (Å²) in [5.41, 5.74) is 3.31. The summed E-state index contributed by atoms with van der Waals surface area (Å²) in [7, 11) is 1.34. The smallest absolute Gasteiger partial charge is 0.337 e. The fraction of sp³-hybridized carbons (Fsp3) is 0.0833. The summed E-state index contributed by atoms with van der Waals surface area (Å²) in [4.78, 5) is 24.0. The zero-order chi connectivity index (χ0) is 19.8. The Morgan fingerprint density at radius 1 is 0.821 bits per heavy atom. The second-order valence-electron chi connectivity index (χ2n) is 6.21. The number of methoxy groups -OCH3 is 1. The predicted molar refractivity (Wildman–Crippen MR) is 110 cm³/mol. The van der Waals surface area contributed by atoms with Gasteiger partial charge in [-0.1, -0.05) is 72.8 Å². The van der Waals surface area contributed by atoms with Crippen LogP contribution in [0.25, 0.3) is 6.08 Å². The lowest BCUT2D eigenvalue weighted by molar-refractivity contribution is -0.116. The van der Waals surface area contributed by atoms with Crippen LogP contribution in [0.5, 0.6) is 0 Å². The molecular formula is C24H21NO3. The molecule has 0 bridgehead atoms. The Balaban J connectivity index is 1.73. The molecule has 0 fully saturated rings. The lowest BCUT2D eigenvalue weighted by Gasteiger charge is -2.19. The van der Waals surface area contributed by atoms with E-state index in [9.17, 15) is 9.59 Å². The first-order valence-corrected chi connectivity index (χ1v) is 8.94. The molecule has 0 unspecified atom stereocenters. The van der Waals surface area contributed by atoms with Crippen LogP contribution in [0.4, 0.5) is 0 Å². The minimum absolute atomic E-state index is 0.199. The average Bonchev–Trinajstić information content (AvgIpc) is 2.77. The van der Waals surface area contributed by atoms with E-state index in [0.717, 1.165) is 16.7 Å². The van der Waals surface area contributed by atoms with E-state index in [4.69, 9.17) is 0 Å². The minimum Gasteiger partial charge on any atom is -0.465 e. The van der Waals surface area contributed by atoms with Crippen LogP contribution in [0.15, 0.2) is 91.0 Å². The number of amides is 1. The maximum absolute atomic E-state index is 12.5. The largest absolute Gasteiger partial charge is 0.465 e. The number of ether oxygens (including phenoxy) is 1. The standard InChI is InChI=1S/C24H21NO3/c1-28-24(27)21-15-12-18(13-16-21)14-17-22(26)25-23(19-8-4-2-5-9-19)20-10-6-3-7-11-20/h2-17,23H,1H3,(H,25,26)/b17-14+. The van der Waals surface area contributed by atoms with E-state index >= 15 is 0 Å². The van der Waals surface area contributed by atoms with E-state index in [0.29, 0.717) is 5.56 Å². The molecule has 3 aromatic carbocycles. The van der Waals surface area contributed by atoms with Crippen LogP contribution in [0.1, 0.15) is 33.1 Å². The highest BCUT2D eigenvalue weighted by Gasteiger charge is 2.15. The maximum Gasteiger partial charge on any atom is 0.337 e. The molecule has 3 rings (SSSR count). The fourth-order valence-corrected chi connectivity index (χ4v) is 2.86. The molecule has 0 aromatic heterocycles. The van der Waals surface area contributed by atoms with Gasteiger partial charge in [0.2, 0.25) is 5.91 Å². The highest BCUT2D eigenvalue weighted by Crippen LogP contribution is 2.21. The molecule has 0 heterocycles. The van der Waals surface area contributed by atoms with Crippen molar-refractivity contribution in [2.75, 3.05) is 7.11 Å². The summed E-state index contributed by atoms with van der Waals surface area (Å²) in [6, 6.07) is 26.3. The third-order valence-electron chi connectivity index (χ3n) is 4.31. The molecular weight excluding hydrogens is 350 g/mol. The first-order valence-electron chi connectivity index (χ1n) is 8.94. The van der Waals surface area contributed by atoms with Gasteiger partial charge < -0.3 is 10.1 Å². The van der Waals surface area contributed by atoms with Crippen molar-refractivity contribution >= 4 is 18.0 Å². The molecule has 0 atom stereocenters. The second-order valence-corrected chi connectivity index (χ2v) is 6.21. The van der Waals surface area contributed by atoms with Crippen molar-refractivity contribution in [2.24, 2.45) is 0 Å². The summed E-state index contributed by atoms with van der Waals surface area (Å²) in [5, 5.41) is 3.06. The van der Waals surface area contributed by atoms with Crippen LogP contribution >= 0.6 is 0 Å². The second kappa shape index (κ2) is 9.33. The lowest BCUT2D eigenvalue weighted by Crippen LogP contribution is -2.27. The average molecular weight is 371 g/mol. The zero-order valence-corrected chi connectivity index (χ0v) is 15.5. The molecule has 1 N–H and O–H groups in total. The molecule has 0 aliphatic carbocycles. The summed E-state index contributed by atoms with van der Waals surface area (Å²) >= 11 is 0. The molecule has 28 heavy (non-hydrogen) atoms. The van der Waals surface area contributed by atoms with Gasteiger partial charge in [0.15, 0.2) is 0 Å². The normalized spacial score (nSPS) is 10.8. The van der Waals surface area contributed by atoms with Gasteiger partial charge >= 0.3 is 5.97 Å². The van der Waals surface area contributed by atoms with Gasteiger partial charge in [0.05, 0.1) is 18.7 Å². The van der Waals surface area contributed by atoms with E-state index in [-0.39, 0.29) is 17.9 Å². The van der Waals surface area contributed by atoms with E-state index in [1.165, 1.54) is 13.2 Å². The SMILES string of the molecule is COC(=O)c1ccc(/C=C/C(=O)NC(c2ccccc2)c2ccccc2)cc1. The summed E-state index contributed by atoms with van der Waals surface area (Å²) in [6.07, 6.45) is 3.20. The number of carbonyl (C=O) groups excluding carboxylic acids is 2. The molecule has 140 valence electrons. The van der Waals surface area contributed by atoms with Crippen molar-refractivity contribution in [2.45, 2.75) is 6.04 Å². The first-order chi connectivity index (χ1) is 13.7. The Hall–Kier alpha value is -3.66. The Morgan fingerprint density at radius 2 is 1.36 bits per heavy atom. The highest BCUT2D eigenvalue weighted by molar-refractivity contribution is 5.93. The lowest BCUT2D eigenvalue weighted by atomic mass is 9.98. The van der Waals surface area contributed by atoms with Gasteiger partial charge in [0, 0.05) is 6.08 Å². The summed E-state index contributed by atoms with van der Waals surface area (Å²) in [6.45, 7) is 0. The zero-order valence-electron chi connectivity index (χ0n) is 15.5. The van der Waals surface area contributed by atoms with E-state index in [2.05, 4.69) is 10.1 Å². The van der Waals surface area contributed by atoms with Gasteiger partial charge in [-0.2, -0.15) is 0 Å². The number of benzene rings is 3. The van der Waals surface area contributed by atoms with Crippen LogP contribution in [0.2, 0.25) is 0 Å². The Labute approximate surface area is 164 Å². The summed E-state index contributed by atoms with van der Waals surface area (Å²) in [5.74, 6) is -0.586. The van der Waals surface area contributed by atoms with E-state index < -0.39 is 0 Å². The number of hydrogen-bond donors (Lipinski definition) is 1. The van der Waals surface area contributed by atoms with Gasteiger partial charge in [-0.15, -0.1) is 0 Å². The minimum atomic E-state index is -0.387. The molecule has 1 amide bonds. The molecule has 4 heteroatoms. The molecule has 4 nitrogen and oxygen atoms in total. The number of rotatable bonds is 6.